The van der Waals surface area contributed by atoms with Gasteiger partial charge in [-0.2, -0.15) is 0 Å². The number of phenols is 1. The van der Waals surface area contributed by atoms with E-state index in [0.717, 1.165) is 11.3 Å². The van der Waals surface area contributed by atoms with Crippen molar-refractivity contribution in [2.24, 2.45) is 5.41 Å². The summed E-state index contributed by atoms with van der Waals surface area (Å²) in [6, 6.07) is 12.6. The average molecular weight is 406 g/mol. The minimum Gasteiger partial charge on any atom is -0.506 e. The molecule has 1 unspecified atom stereocenters. The van der Waals surface area contributed by atoms with E-state index in [1.54, 1.807) is 17.0 Å². The van der Waals surface area contributed by atoms with Crippen LogP contribution >= 0.6 is 0 Å². The number of aromatic hydroxyl groups is 1. The van der Waals surface area contributed by atoms with E-state index < -0.39 is 0 Å². The van der Waals surface area contributed by atoms with Crippen molar-refractivity contribution in [1.82, 2.24) is 15.3 Å². The summed E-state index contributed by atoms with van der Waals surface area (Å²) in [6.45, 7) is 5.87. The van der Waals surface area contributed by atoms with Crippen LogP contribution in [0.2, 0.25) is 0 Å². The Hall–Kier alpha value is -3.35. The van der Waals surface area contributed by atoms with Crippen LogP contribution in [0.3, 0.4) is 0 Å². The molecule has 7 heteroatoms. The van der Waals surface area contributed by atoms with E-state index in [1.807, 2.05) is 51.1 Å². The number of carbonyl (C=O) groups excluding carboxylic acids is 2. The topological polar surface area (TPSA) is 98.3 Å². The number of phenolic OH excluding ortho intramolecular Hbond substituents is 1. The average Bonchev–Trinajstić information content (AvgIpc) is 3.27. The number of carbonyl (C=O) groups is 2. The highest BCUT2D eigenvalue weighted by molar-refractivity contribution is 5.99. The van der Waals surface area contributed by atoms with Gasteiger partial charge in [-0.1, -0.05) is 45.0 Å². The number of benzene rings is 2. The number of anilines is 1. The molecule has 1 aliphatic rings. The number of imidazole rings is 1. The minimum atomic E-state index is -0.332. The Morgan fingerprint density at radius 3 is 2.70 bits per heavy atom. The van der Waals surface area contributed by atoms with Crippen molar-refractivity contribution in [3.8, 4) is 5.75 Å². The summed E-state index contributed by atoms with van der Waals surface area (Å²) in [5, 5.41) is 12.9. The Morgan fingerprint density at radius 1 is 1.20 bits per heavy atom. The first-order chi connectivity index (χ1) is 14.2. The molecular formula is C23H26N4O3. The molecule has 3 N–H and O–H groups in total. The number of hydrogen-bond acceptors (Lipinski definition) is 4. The van der Waals surface area contributed by atoms with E-state index in [9.17, 15) is 14.7 Å². The summed E-state index contributed by atoms with van der Waals surface area (Å²) in [5.41, 5.74) is 2.91. The number of nitrogens with zero attached hydrogens (tertiary/aromatic N) is 2. The highest BCUT2D eigenvalue weighted by Crippen LogP contribution is 2.40. The normalized spacial score (nSPS) is 16.0. The minimum absolute atomic E-state index is 0.0781. The summed E-state index contributed by atoms with van der Waals surface area (Å²) in [5.74, 6) is 0.361. The fraction of sp³-hybridized carbons (Fsp3) is 0.348. The van der Waals surface area contributed by atoms with Crippen molar-refractivity contribution < 1.29 is 14.7 Å². The lowest BCUT2D eigenvalue weighted by molar-refractivity contribution is -0.126. The van der Waals surface area contributed by atoms with Crippen molar-refractivity contribution in [3.05, 3.63) is 53.9 Å². The lowest BCUT2D eigenvalue weighted by atomic mass is 9.92. The van der Waals surface area contributed by atoms with Gasteiger partial charge in [0.1, 0.15) is 17.1 Å². The SMILES string of the molecule is CC(C)(C)CC(=O)NCC(=O)N1c2ccccc2CC1c1nc2c(O)cccc2[nH]1. The highest BCUT2D eigenvalue weighted by atomic mass is 16.3. The third-order valence-corrected chi connectivity index (χ3v) is 5.20. The summed E-state index contributed by atoms with van der Waals surface area (Å²) in [6.07, 6.45) is 0.960. The number of nitrogens with one attached hydrogen (secondary N) is 2. The van der Waals surface area contributed by atoms with Crippen molar-refractivity contribution >= 4 is 28.5 Å². The number of H-pyrrole nitrogens is 1. The molecule has 156 valence electrons. The Labute approximate surface area is 175 Å². The smallest absolute Gasteiger partial charge is 0.247 e. The Kier molecular flexibility index (Phi) is 4.97. The molecule has 2 amide bonds. The molecule has 0 saturated heterocycles. The Balaban J connectivity index is 1.61. The summed E-state index contributed by atoms with van der Waals surface area (Å²) >= 11 is 0. The van der Waals surface area contributed by atoms with Gasteiger partial charge in [0.05, 0.1) is 18.1 Å². The maximum Gasteiger partial charge on any atom is 0.247 e. The zero-order chi connectivity index (χ0) is 21.5. The standard InChI is InChI=1S/C23H26N4O3/c1-23(2,3)12-19(29)24-13-20(30)27-16-9-5-4-7-14(16)11-17(27)22-25-15-8-6-10-18(28)21(15)26-22/h4-10,17,28H,11-13H2,1-3H3,(H,24,29)(H,25,26). The molecule has 1 aliphatic heterocycles. The maximum atomic E-state index is 13.2. The molecule has 30 heavy (non-hydrogen) atoms. The van der Waals surface area contributed by atoms with Crippen LogP contribution < -0.4 is 10.2 Å². The third kappa shape index (κ3) is 3.87. The quantitative estimate of drug-likeness (QED) is 0.618. The third-order valence-electron chi connectivity index (χ3n) is 5.20. The second kappa shape index (κ2) is 7.48. The van der Waals surface area contributed by atoms with Gasteiger partial charge >= 0.3 is 0 Å². The second-order valence-corrected chi connectivity index (χ2v) is 8.92. The number of aromatic nitrogens is 2. The molecule has 0 fully saturated rings. The lowest BCUT2D eigenvalue weighted by Gasteiger charge is -2.25. The lowest BCUT2D eigenvalue weighted by Crippen LogP contribution is -2.41. The number of fused-ring (bicyclic) bond motifs is 2. The zero-order valence-corrected chi connectivity index (χ0v) is 17.4. The molecule has 2 heterocycles. The van der Waals surface area contributed by atoms with Crippen LogP contribution in [0.5, 0.6) is 5.75 Å². The molecule has 0 aliphatic carbocycles. The van der Waals surface area contributed by atoms with Crippen LogP contribution in [0.1, 0.15) is 44.6 Å². The summed E-state index contributed by atoms with van der Waals surface area (Å²) < 4.78 is 0. The monoisotopic (exact) mass is 406 g/mol. The highest BCUT2D eigenvalue weighted by Gasteiger charge is 2.36. The van der Waals surface area contributed by atoms with Gasteiger partial charge in [-0.25, -0.2) is 4.98 Å². The van der Waals surface area contributed by atoms with Gasteiger partial charge in [0.15, 0.2) is 0 Å². The van der Waals surface area contributed by atoms with Gasteiger partial charge in [-0.05, 0) is 29.2 Å². The zero-order valence-electron chi connectivity index (χ0n) is 17.4. The predicted octanol–water partition coefficient (Wildman–Crippen LogP) is 3.45. The van der Waals surface area contributed by atoms with Crippen molar-refractivity contribution in [2.45, 2.75) is 39.7 Å². The molecule has 1 aromatic heterocycles. The summed E-state index contributed by atoms with van der Waals surface area (Å²) in [7, 11) is 0. The van der Waals surface area contributed by atoms with E-state index in [-0.39, 0.29) is 35.6 Å². The molecule has 3 aromatic rings. The first-order valence-corrected chi connectivity index (χ1v) is 10.1. The molecule has 0 spiro atoms. The fourth-order valence-electron chi connectivity index (χ4n) is 3.91. The van der Waals surface area contributed by atoms with Gasteiger partial charge in [0, 0.05) is 18.5 Å². The molecule has 0 bridgehead atoms. The predicted molar refractivity (Wildman–Crippen MR) is 115 cm³/mol. The van der Waals surface area contributed by atoms with Crippen molar-refractivity contribution in [3.63, 3.8) is 0 Å². The largest absolute Gasteiger partial charge is 0.506 e. The number of para-hydroxylation sites is 2. The van der Waals surface area contributed by atoms with Gasteiger partial charge in [-0.3, -0.25) is 14.5 Å². The fourth-order valence-corrected chi connectivity index (χ4v) is 3.91. The van der Waals surface area contributed by atoms with Crippen LogP contribution in [-0.2, 0) is 16.0 Å². The van der Waals surface area contributed by atoms with Gasteiger partial charge in [0.25, 0.3) is 0 Å². The molecule has 0 radical (unpaired) electrons. The Bertz CT molecular complexity index is 1110. The number of rotatable bonds is 4. The van der Waals surface area contributed by atoms with Crippen LogP contribution in [0.15, 0.2) is 42.5 Å². The van der Waals surface area contributed by atoms with Crippen LogP contribution in [0.25, 0.3) is 11.0 Å². The van der Waals surface area contributed by atoms with Crippen LogP contribution in [0.4, 0.5) is 5.69 Å². The summed E-state index contributed by atoms with van der Waals surface area (Å²) in [4.78, 5) is 34.9. The van der Waals surface area contributed by atoms with Crippen LogP contribution in [-0.4, -0.2) is 33.4 Å². The second-order valence-electron chi connectivity index (χ2n) is 8.92. The van der Waals surface area contributed by atoms with E-state index >= 15 is 0 Å². The van der Waals surface area contributed by atoms with E-state index in [4.69, 9.17) is 0 Å². The molecule has 1 atom stereocenters. The van der Waals surface area contributed by atoms with E-state index in [2.05, 4.69) is 15.3 Å². The van der Waals surface area contributed by atoms with Gasteiger partial charge < -0.3 is 15.4 Å². The molecule has 2 aromatic carbocycles. The van der Waals surface area contributed by atoms with Crippen molar-refractivity contribution in [2.75, 3.05) is 11.4 Å². The van der Waals surface area contributed by atoms with E-state index in [1.165, 1.54) is 0 Å². The maximum absolute atomic E-state index is 13.2. The number of aromatic amines is 1. The molecule has 0 saturated carbocycles. The Morgan fingerprint density at radius 2 is 1.97 bits per heavy atom. The van der Waals surface area contributed by atoms with E-state index in [0.29, 0.717) is 29.7 Å². The van der Waals surface area contributed by atoms with Crippen LogP contribution in [0, 0.1) is 5.41 Å². The molecule has 4 rings (SSSR count). The van der Waals surface area contributed by atoms with Gasteiger partial charge in [0.2, 0.25) is 11.8 Å². The van der Waals surface area contributed by atoms with Gasteiger partial charge in [-0.15, -0.1) is 0 Å². The van der Waals surface area contributed by atoms with Crippen molar-refractivity contribution in [1.29, 1.82) is 0 Å². The first kappa shape index (κ1) is 19.9. The molecule has 7 nitrogen and oxygen atoms in total. The number of amides is 2. The number of hydrogen-bond donors (Lipinski definition) is 3. The first-order valence-electron chi connectivity index (χ1n) is 10.1. The molecular weight excluding hydrogens is 380 g/mol.